The quantitative estimate of drug-likeness (QED) is 0.932. The molecule has 1 aliphatic carbocycles. The molecule has 0 bridgehead atoms. The van der Waals surface area contributed by atoms with Gasteiger partial charge in [0.25, 0.3) is 0 Å². The van der Waals surface area contributed by atoms with Crippen LogP contribution in [0.15, 0.2) is 30.6 Å². The molecule has 1 N–H and O–H groups in total. The number of ketones is 1. The minimum absolute atomic E-state index is 0.0497. The number of aromatic nitrogens is 2. The maximum Gasteiger partial charge on any atom is 0.165 e. The molecule has 1 aliphatic rings. The molecule has 0 saturated heterocycles. The predicted molar refractivity (Wildman–Crippen MR) is 91.6 cm³/mol. The third-order valence-electron chi connectivity index (χ3n) is 4.74. The monoisotopic (exact) mass is 320 g/mol. The highest BCUT2D eigenvalue weighted by atomic mass is 16.1. The van der Waals surface area contributed by atoms with Crippen LogP contribution < -0.4 is 5.32 Å². The van der Waals surface area contributed by atoms with E-state index < -0.39 is 0 Å². The molecular formula is C19H20N4O. The largest absolute Gasteiger partial charge is 0.365 e. The van der Waals surface area contributed by atoms with E-state index in [4.69, 9.17) is 0 Å². The molecule has 2 heterocycles. The van der Waals surface area contributed by atoms with Crippen LogP contribution in [0.4, 0.5) is 5.82 Å². The molecule has 0 spiro atoms. The van der Waals surface area contributed by atoms with E-state index in [1.54, 1.807) is 18.5 Å². The highest BCUT2D eigenvalue weighted by Crippen LogP contribution is 2.38. The Morgan fingerprint density at radius 1 is 1.42 bits per heavy atom. The highest BCUT2D eigenvalue weighted by Gasteiger charge is 2.35. The average Bonchev–Trinajstić information content (AvgIpc) is 2.60. The predicted octanol–water partition coefficient (Wildman–Crippen LogP) is 3.51. The summed E-state index contributed by atoms with van der Waals surface area (Å²) in [5.41, 5.74) is 2.76. The van der Waals surface area contributed by atoms with Crippen molar-refractivity contribution < 1.29 is 4.79 Å². The van der Waals surface area contributed by atoms with Gasteiger partial charge in [0.1, 0.15) is 11.9 Å². The van der Waals surface area contributed by atoms with E-state index in [2.05, 4.69) is 35.2 Å². The summed E-state index contributed by atoms with van der Waals surface area (Å²) in [7, 11) is 0. The van der Waals surface area contributed by atoms with Gasteiger partial charge in [0.15, 0.2) is 5.78 Å². The number of pyridine rings is 2. The summed E-state index contributed by atoms with van der Waals surface area (Å²) in [6.45, 7) is 4.76. The molecule has 122 valence electrons. The van der Waals surface area contributed by atoms with E-state index in [1.165, 1.54) is 0 Å². The van der Waals surface area contributed by atoms with Crippen molar-refractivity contribution >= 4 is 11.6 Å². The lowest BCUT2D eigenvalue weighted by molar-refractivity contribution is 0.0893. The fraction of sp³-hybridized carbons (Fsp3) is 0.368. The van der Waals surface area contributed by atoms with Gasteiger partial charge in [-0.25, -0.2) is 4.98 Å². The number of fused-ring (bicyclic) bond motifs is 1. The van der Waals surface area contributed by atoms with E-state index >= 15 is 0 Å². The Labute approximate surface area is 141 Å². The van der Waals surface area contributed by atoms with E-state index in [9.17, 15) is 10.1 Å². The van der Waals surface area contributed by atoms with E-state index in [-0.39, 0.29) is 11.2 Å². The van der Waals surface area contributed by atoms with Crippen LogP contribution in [0.5, 0.6) is 0 Å². The molecule has 5 heteroatoms. The first-order valence-electron chi connectivity index (χ1n) is 8.14. The minimum Gasteiger partial charge on any atom is -0.365 e. The number of nitrogens with zero attached hydrogens (tertiary/aromatic N) is 3. The smallest absolute Gasteiger partial charge is 0.165 e. The molecule has 0 fully saturated rings. The SMILES string of the molecule is CCC1(C)CC(=O)c2cc(C#N)c(NCc3cccnc3)nc2C1. The number of hydrogen-bond acceptors (Lipinski definition) is 5. The lowest BCUT2D eigenvalue weighted by atomic mass is 9.72. The van der Waals surface area contributed by atoms with Crippen LogP contribution in [0.3, 0.4) is 0 Å². The van der Waals surface area contributed by atoms with Crippen LogP contribution in [-0.4, -0.2) is 15.8 Å². The Hall–Kier alpha value is -2.74. The van der Waals surface area contributed by atoms with Gasteiger partial charge in [-0.15, -0.1) is 0 Å². The molecule has 0 aromatic carbocycles. The molecule has 0 amide bonds. The molecule has 1 unspecified atom stereocenters. The van der Waals surface area contributed by atoms with Crippen LogP contribution in [0.25, 0.3) is 0 Å². The molecule has 0 radical (unpaired) electrons. The summed E-state index contributed by atoms with van der Waals surface area (Å²) < 4.78 is 0. The van der Waals surface area contributed by atoms with Crippen LogP contribution in [0.1, 0.15) is 53.9 Å². The van der Waals surface area contributed by atoms with Gasteiger partial charge in [-0.1, -0.05) is 19.9 Å². The van der Waals surface area contributed by atoms with Crippen LogP contribution in [0, 0.1) is 16.7 Å². The first kappa shape index (κ1) is 16.1. The van der Waals surface area contributed by atoms with Gasteiger partial charge in [-0.3, -0.25) is 9.78 Å². The second-order valence-corrected chi connectivity index (χ2v) is 6.65. The summed E-state index contributed by atoms with van der Waals surface area (Å²) in [5.74, 6) is 0.622. The Morgan fingerprint density at radius 2 is 2.25 bits per heavy atom. The van der Waals surface area contributed by atoms with Crippen molar-refractivity contribution in [2.45, 2.75) is 39.7 Å². The molecule has 1 atom stereocenters. The zero-order valence-electron chi connectivity index (χ0n) is 14.0. The first-order chi connectivity index (χ1) is 11.5. The molecule has 2 aromatic rings. The summed E-state index contributed by atoms with van der Waals surface area (Å²) >= 11 is 0. The Bertz CT molecular complexity index is 810. The molecule has 2 aromatic heterocycles. The zero-order valence-corrected chi connectivity index (χ0v) is 14.0. The summed E-state index contributed by atoms with van der Waals surface area (Å²) in [6, 6.07) is 7.66. The molecule has 0 aliphatic heterocycles. The van der Waals surface area contributed by atoms with Crippen molar-refractivity contribution in [3.05, 3.63) is 53.0 Å². The minimum atomic E-state index is -0.0497. The van der Waals surface area contributed by atoms with Crippen molar-refractivity contribution in [3.8, 4) is 6.07 Å². The van der Waals surface area contributed by atoms with Gasteiger partial charge in [0.2, 0.25) is 0 Å². The lowest BCUT2D eigenvalue weighted by Crippen LogP contribution is -2.30. The molecule has 5 nitrogen and oxygen atoms in total. The maximum absolute atomic E-state index is 12.4. The average molecular weight is 320 g/mol. The zero-order chi connectivity index (χ0) is 17.2. The number of anilines is 1. The van der Waals surface area contributed by atoms with Crippen LogP contribution >= 0.6 is 0 Å². The van der Waals surface area contributed by atoms with Crippen LogP contribution in [0.2, 0.25) is 0 Å². The number of hydrogen-bond donors (Lipinski definition) is 1. The number of carbonyl (C=O) groups excluding carboxylic acids is 1. The van der Waals surface area contributed by atoms with Crippen molar-refractivity contribution in [2.24, 2.45) is 5.41 Å². The molecule has 24 heavy (non-hydrogen) atoms. The standard InChI is InChI=1S/C19H20N4O/c1-3-19(2)8-16-15(17(24)9-19)7-14(10-20)18(23-16)22-12-13-5-4-6-21-11-13/h4-7,11H,3,8-9,12H2,1-2H3,(H,22,23). The van der Waals surface area contributed by atoms with E-state index in [0.717, 1.165) is 24.1 Å². The van der Waals surface area contributed by atoms with Crippen molar-refractivity contribution in [2.75, 3.05) is 5.32 Å². The second-order valence-electron chi connectivity index (χ2n) is 6.65. The van der Waals surface area contributed by atoms with Crippen molar-refractivity contribution in [1.29, 1.82) is 5.26 Å². The molecule has 0 saturated carbocycles. The first-order valence-corrected chi connectivity index (χ1v) is 8.14. The third kappa shape index (κ3) is 3.13. The summed E-state index contributed by atoms with van der Waals surface area (Å²) in [6.07, 6.45) is 5.70. The van der Waals surface area contributed by atoms with Gasteiger partial charge >= 0.3 is 0 Å². The van der Waals surface area contributed by atoms with Crippen LogP contribution in [-0.2, 0) is 13.0 Å². The number of rotatable bonds is 4. The van der Waals surface area contributed by atoms with Gasteiger partial charge in [-0.05, 0) is 36.0 Å². The fourth-order valence-electron chi connectivity index (χ4n) is 3.04. The topological polar surface area (TPSA) is 78.7 Å². The van der Waals surface area contributed by atoms with Crippen molar-refractivity contribution in [1.82, 2.24) is 9.97 Å². The van der Waals surface area contributed by atoms with Gasteiger partial charge < -0.3 is 5.32 Å². The highest BCUT2D eigenvalue weighted by molar-refractivity contribution is 5.99. The molecule has 3 rings (SSSR count). The number of carbonyl (C=O) groups is 1. The van der Waals surface area contributed by atoms with Gasteiger partial charge in [0, 0.05) is 30.9 Å². The number of Topliss-reactive ketones (excluding diaryl/α,β-unsaturated/α-hetero) is 1. The van der Waals surface area contributed by atoms with Crippen molar-refractivity contribution in [3.63, 3.8) is 0 Å². The maximum atomic E-state index is 12.4. The second kappa shape index (κ2) is 6.40. The number of nitrogens with one attached hydrogen (secondary N) is 1. The Balaban J connectivity index is 1.92. The van der Waals surface area contributed by atoms with Gasteiger partial charge in [-0.2, -0.15) is 5.26 Å². The normalized spacial score (nSPS) is 19.5. The Morgan fingerprint density at radius 3 is 2.92 bits per heavy atom. The van der Waals surface area contributed by atoms with E-state index in [1.807, 2.05) is 12.1 Å². The van der Waals surface area contributed by atoms with E-state index in [0.29, 0.717) is 29.9 Å². The fourth-order valence-corrected chi connectivity index (χ4v) is 3.04. The molecular weight excluding hydrogens is 300 g/mol. The summed E-state index contributed by atoms with van der Waals surface area (Å²) in [5, 5.41) is 12.6. The Kier molecular flexibility index (Phi) is 4.30. The third-order valence-corrected chi connectivity index (χ3v) is 4.74. The number of nitriles is 1. The summed E-state index contributed by atoms with van der Waals surface area (Å²) in [4.78, 5) is 21.1. The lowest BCUT2D eigenvalue weighted by Gasteiger charge is -2.32. The van der Waals surface area contributed by atoms with Gasteiger partial charge in [0.05, 0.1) is 11.3 Å².